The Morgan fingerprint density at radius 2 is 1.95 bits per heavy atom. The number of hydrogen-bond donors (Lipinski definition) is 1. The lowest BCUT2D eigenvalue weighted by atomic mass is 10.00. The molecular weight excluding hydrogens is 306 g/mol. The zero-order valence-electron chi connectivity index (χ0n) is 12.5. The van der Waals surface area contributed by atoms with Crippen molar-refractivity contribution in [1.29, 1.82) is 0 Å². The van der Waals surface area contributed by atoms with Gasteiger partial charge in [-0.25, -0.2) is 8.42 Å². The predicted molar refractivity (Wildman–Crippen MR) is 86.9 cm³/mol. The highest BCUT2D eigenvalue weighted by Gasteiger charge is 2.15. The standard InChI is InChI=1S/C15H23NO3S2/c1-21(18,19)10-6-9-16-15(17)14-11-12-7-4-2-3-5-8-13(12)20-14/h11H,2-10H2,1H3,(H,16,17). The minimum absolute atomic E-state index is 0.0692. The van der Waals surface area contributed by atoms with Gasteiger partial charge in [0.25, 0.3) is 5.91 Å². The maximum Gasteiger partial charge on any atom is 0.261 e. The first kappa shape index (κ1) is 16.5. The van der Waals surface area contributed by atoms with Crippen LogP contribution in [0.4, 0.5) is 0 Å². The van der Waals surface area contributed by atoms with Gasteiger partial charge in [0.1, 0.15) is 9.84 Å². The summed E-state index contributed by atoms with van der Waals surface area (Å²) in [5, 5.41) is 2.82. The lowest BCUT2D eigenvalue weighted by Crippen LogP contribution is -2.25. The Kier molecular flexibility index (Phi) is 5.81. The molecule has 0 atom stereocenters. The molecule has 1 aromatic rings. The summed E-state index contributed by atoms with van der Waals surface area (Å²) in [6.45, 7) is 0.411. The van der Waals surface area contributed by atoms with E-state index in [4.69, 9.17) is 0 Å². The molecule has 0 radical (unpaired) electrons. The summed E-state index contributed by atoms with van der Waals surface area (Å²) in [7, 11) is -2.95. The number of amides is 1. The van der Waals surface area contributed by atoms with Crippen LogP contribution in [-0.2, 0) is 22.7 Å². The van der Waals surface area contributed by atoms with Crippen LogP contribution in [0.5, 0.6) is 0 Å². The van der Waals surface area contributed by atoms with E-state index in [0.717, 1.165) is 17.7 Å². The maximum atomic E-state index is 12.1. The van der Waals surface area contributed by atoms with Crippen LogP contribution in [0.3, 0.4) is 0 Å². The van der Waals surface area contributed by atoms with Gasteiger partial charge < -0.3 is 5.32 Å². The molecule has 0 aliphatic heterocycles. The van der Waals surface area contributed by atoms with Crippen molar-refractivity contribution in [2.75, 3.05) is 18.6 Å². The fraction of sp³-hybridized carbons (Fsp3) is 0.667. The Morgan fingerprint density at radius 3 is 2.67 bits per heavy atom. The second-order valence-electron chi connectivity index (χ2n) is 5.71. The number of rotatable bonds is 5. The fourth-order valence-corrected chi connectivity index (χ4v) is 4.42. The molecule has 6 heteroatoms. The normalized spacial score (nSPS) is 15.9. The molecule has 21 heavy (non-hydrogen) atoms. The zero-order valence-corrected chi connectivity index (χ0v) is 14.1. The van der Waals surface area contributed by atoms with Crippen molar-refractivity contribution in [3.63, 3.8) is 0 Å². The first-order valence-corrected chi connectivity index (χ1v) is 10.4. The minimum atomic E-state index is -2.95. The third-order valence-electron chi connectivity index (χ3n) is 3.70. The molecule has 1 aliphatic carbocycles. The Hall–Kier alpha value is -0.880. The Balaban J connectivity index is 1.89. The van der Waals surface area contributed by atoms with Crippen LogP contribution in [0.2, 0.25) is 0 Å². The molecule has 2 rings (SSSR count). The van der Waals surface area contributed by atoms with Crippen LogP contribution in [0.1, 0.15) is 52.2 Å². The molecule has 0 unspecified atom stereocenters. The van der Waals surface area contributed by atoms with Gasteiger partial charge in [0.2, 0.25) is 0 Å². The molecule has 0 spiro atoms. The van der Waals surface area contributed by atoms with E-state index in [2.05, 4.69) is 5.32 Å². The second-order valence-corrected chi connectivity index (χ2v) is 9.11. The van der Waals surface area contributed by atoms with Gasteiger partial charge in [-0.15, -0.1) is 11.3 Å². The van der Waals surface area contributed by atoms with Gasteiger partial charge in [0, 0.05) is 17.7 Å². The fourth-order valence-electron chi connectivity index (χ4n) is 2.58. The van der Waals surface area contributed by atoms with E-state index >= 15 is 0 Å². The minimum Gasteiger partial charge on any atom is -0.351 e. The number of thiophene rings is 1. The lowest BCUT2D eigenvalue weighted by Gasteiger charge is -2.07. The van der Waals surface area contributed by atoms with E-state index in [1.807, 2.05) is 6.07 Å². The first-order valence-electron chi connectivity index (χ1n) is 7.53. The molecule has 0 aromatic carbocycles. The van der Waals surface area contributed by atoms with Gasteiger partial charge in [-0.3, -0.25) is 4.79 Å². The van der Waals surface area contributed by atoms with E-state index in [1.165, 1.54) is 42.4 Å². The third-order valence-corrected chi connectivity index (χ3v) is 5.96. The van der Waals surface area contributed by atoms with Gasteiger partial charge in [-0.05, 0) is 43.7 Å². The van der Waals surface area contributed by atoms with Gasteiger partial charge in [0.05, 0.1) is 10.6 Å². The molecule has 1 heterocycles. The molecule has 1 aromatic heterocycles. The van der Waals surface area contributed by atoms with Gasteiger partial charge >= 0.3 is 0 Å². The highest BCUT2D eigenvalue weighted by atomic mass is 32.2. The molecule has 1 amide bonds. The highest BCUT2D eigenvalue weighted by Crippen LogP contribution is 2.28. The number of nitrogens with one attached hydrogen (secondary N) is 1. The van der Waals surface area contributed by atoms with Crippen molar-refractivity contribution in [1.82, 2.24) is 5.32 Å². The molecule has 4 nitrogen and oxygen atoms in total. The molecule has 118 valence electrons. The van der Waals surface area contributed by atoms with Gasteiger partial charge in [-0.1, -0.05) is 12.8 Å². The number of carbonyl (C=O) groups excluding carboxylic acids is 1. The molecule has 1 aliphatic rings. The third kappa shape index (κ3) is 5.43. The Bertz CT molecular complexity index is 565. The summed E-state index contributed by atoms with van der Waals surface area (Å²) in [5.74, 6) is 0.0501. The summed E-state index contributed by atoms with van der Waals surface area (Å²) in [5.41, 5.74) is 1.33. The monoisotopic (exact) mass is 329 g/mol. The summed E-state index contributed by atoms with van der Waals surface area (Å²) >= 11 is 1.60. The summed E-state index contributed by atoms with van der Waals surface area (Å²) < 4.78 is 22.1. The second kappa shape index (κ2) is 7.40. The number of carbonyl (C=O) groups is 1. The largest absolute Gasteiger partial charge is 0.351 e. The Labute approximate surface area is 130 Å². The van der Waals surface area contributed by atoms with Crippen molar-refractivity contribution in [2.45, 2.75) is 44.9 Å². The lowest BCUT2D eigenvalue weighted by molar-refractivity contribution is 0.0957. The zero-order chi connectivity index (χ0) is 15.3. The summed E-state index contributed by atoms with van der Waals surface area (Å²) in [6.07, 6.45) is 8.83. The molecule has 0 bridgehead atoms. The first-order chi connectivity index (χ1) is 9.96. The molecule has 0 saturated heterocycles. The number of fused-ring (bicyclic) bond motifs is 1. The number of aryl methyl sites for hydroxylation is 2. The smallest absolute Gasteiger partial charge is 0.261 e. The van der Waals surface area contributed by atoms with Crippen LogP contribution in [0.15, 0.2) is 6.07 Å². The van der Waals surface area contributed by atoms with Crippen molar-refractivity contribution in [2.24, 2.45) is 0 Å². The average molecular weight is 329 g/mol. The van der Waals surface area contributed by atoms with Crippen LogP contribution >= 0.6 is 11.3 Å². The summed E-state index contributed by atoms with van der Waals surface area (Å²) in [6, 6.07) is 2.03. The van der Waals surface area contributed by atoms with Gasteiger partial charge in [0.15, 0.2) is 0 Å². The van der Waals surface area contributed by atoms with E-state index < -0.39 is 9.84 Å². The predicted octanol–water partition coefficient (Wildman–Crippen LogP) is 2.57. The average Bonchev–Trinajstić information content (AvgIpc) is 2.76. The van der Waals surface area contributed by atoms with Crippen molar-refractivity contribution >= 4 is 27.1 Å². The van der Waals surface area contributed by atoms with E-state index in [0.29, 0.717) is 13.0 Å². The van der Waals surface area contributed by atoms with Crippen LogP contribution < -0.4 is 5.32 Å². The molecule has 0 fully saturated rings. The topological polar surface area (TPSA) is 63.2 Å². The highest BCUT2D eigenvalue weighted by molar-refractivity contribution is 7.90. The quantitative estimate of drug-likeness (QED) is 0.845. The van der Waals surface area contributed by atoms with Crippen molar-refractivity contribution in [3.8, 4) is 0 Å². The van der Waals surface area contributed by atoms with E-state index in [1.54, 1.807) is 11.3 Å². The summed E-state index contributed by atoms with van der Waals surface area (Å²) in [4.78, 5) is 14.2. The molecular formula is C15H23NO3S2. The maximum absolute atomic E-state index is 12.1. The molecule has 1 N–H and O–H groups in total. The Morgan fingerprint density at radius 1 is 1.24 bits per heavy atom. The number of hydrogen-bond acceptors (Lipinski definition) is 4. The van der Waals surface area contributed by atoms with E-state index in [9.17, 15) is 13.2 Å². The van der Waals surface area contributed by atoms with Crippen molar-refractivity contribution in [3.05, 3.63) is 21.4 Å². The van der Waals surface area contributed by atoms with Crippen LogP contribution in [0, 0.1) is 0 Å². The van der Waals surface area contributed by atoms with Gasteiger partial charge in [-0.2, -0.15) is 0 Å². The molecule has 0 saturated carbocycles. The van der Waals surface area contributed by atoms with Crippen LogP contribution in [-0.4, -0.2) is 32.9 Å². The van der Waals surface area contributed by atoms with Crippen molar-refractivity contribution < 1.29 is 13.2 Å². The number of sulfone groups is 1. The van der Waals surface area contributed by atoms with Crippen LogP contribution in [0.25, 0.3) is 0 Å². The SMILES string of the molecule is CS(=O)(=O)CCCNC(=O)c1cc2c(s1)CCCCCC2. The van der Waals surface area contributed by atoms with E-state index in [-0.39, 0.29) is 11.7 Å².